The van der Waals surface area contributed by atoms with E-state index in [1.807, 2.05) is 56.3 Å². The number of nitrogens with one attached hydrogen (secondary N) is 1. The highest BCUT2D eigenvalue weighted by Gasteiger charge is 2.15. The fraction of sp³-hybridized carbons (Fsp3) is 0.273. The number of benzene rings is 2. The van der Waals surface area contributed by atoms with Crippen molar-refractivity contribution in [3.63, 3.8) is 0 Å². The molecule has 0 unspecified atom stereocenters. The SMILES string of the molecule is Cc1ccc2oc(-c3nc(NCCC(C)(C)N)c4ccccc4n3)cc2c1.Cl.Cl. The van der Waals surface area contributed by atoms with Crippen molar-refractivity contribution in [1.29, 1.82) is 0 Å². The van der Waals surface area contributed by atoms with E-state index in [9.17, 15) is 0 Å². The quantitative estimate of drug-likeness (QED) is 0.420. The number of para-hydroxylation sites is 1. The zero-order chi connectivity index (χ0) is 19.0. The average Bonchev–Trinajstić information content (AvgIpc) is 3.03. The molecule has 0 aliphatic heterocycles. The molecule has 4 aromatic rings. The van der Waals surface area contributed by atoms with Crippen LogP contribution < -0.4 is 11.1 Å². The molecule has 0 radical (unpaired) electrons. The Bertz CT molecular complexity index is 1120. The second-order valence-electron chi connectivity index (χ2n) is 7.73. The van der Waals surface area contributed by atoms with Crippen molar-refractivity contribution >= 4 is 52.5 Å². The van der Waals surface area contributed by atoms with Crippen LogP contribution >= 0.6 is 24.8 Å². The second-order valence-corrected chi connectivity index (χ2v) is 7.73. The molecule has 5 nitrogen and oxygen atoms in total. The minimum absolute atomic E-state index is 0. The van der Waals surface area contributed by atoms with Gasteiger partial charge in [0.15, 0.2) is 11.6 Å². The Morgan fingerprint density at radius 3 is 2.55 bits per heavy atom. The molecule has 2 aromatic heterocycles. The molecule has 154 valence electrons. The summed E-state index contributed by atoms with van der Waals surface area (Å²) >= 11 is 0. The van der Waals surface area contributed by atoms with Gasteiger partial charge in [0.2, 0.25) is 0 Å². The van der Waals surface area contributed by atoms with Gasteiger partial charge in [0, 0.05) is 22.9 Å². The second kappa shape index (κ2) is 8.99. The maximum atomic E-state index is 6.10. The predicted octanol–water partition coefficient (Wildman–Crippen LogP) is 5.73. The molecule has 0 atom stereocenters. The number of aryl methyl sites for hydroxylation is 1. The van der Waals surface area contributed by atoms with Gasteiger partial charge >= 0.3 is 0 Å². The first-order chi connectivity index (χ1) is 12.9. The Balaban J connectivity index is 0.00000150. The van der Waals surface area contributed by atoms with Crippen LogP contribution in [0.15, 0.2) is 52.9 Å². The van der Waals surface area contributed by atoms with E-state index in [1.165, 1.54) is 5.56 Å². The molecule has 4 rings (SSSR count). The number of halogens is 2. The Hall–Kier alpha value is -2.34. The molecule has 2 heterocycles. The Labute approximate surface area is 182 Å². The van der Waals surface area contributed by atoms with Gasteiger partial charge in [0.05, 0.1) is 5.52 Å². The van der Waals surface area contributed by atoms with Gasteiger partial charge in [0.1, 0.15) is 11.4 Å². The summed E-state index contributed by atoms with van der Waals surface area (Å²) in [4.78, 5) is 9.46. The molecule has 0 saturated carbocycles. The maximum absolute atomic E-state index is 6.10. The summed E-state index contributed by atoms with van der Waals surface area (Å²) in [5.74, 6) is 2.05. The highest BCUT2D eigenvalue weighted by atomic mass is 35.5. The monoisotopic (exact) mass is 432 g/mol. The highest BCUT2D eigenvalue weighted by molar-refractivity contribution is 5.91. The Morgan fingerprint density at radius 2 is 1.79 bits per heavy atom. The normalized spacial score (nSPS) is 11.2. The highest BCUT2D eigenvalue weighted by Crippen LogP contribution is 2.29. The number of fused-ring (bicyclic) bond motifs is 2. The van der Waals surface area contributed by atoms with Gasteiger partial charge in [-0.05, 0) is 57.5 Å². The zero-order valence-electron chi connectivity index (χ0n) is 16.7. The molecule has 0 aliphatic rings. The third-order valence-corrected chi connectivity index (χ3v) is 4.56. The summed E-state index contributed by atoms with van der Waals surface area (Å²) in [5.41, 5.74) is 8.79. The molecule has 3 N–H and O–H groups in total. The molecule has 0 aliphatic carbocycles. The summed E-state index contributed by atoms with van der Waals surface area (Å²) in [5, 5.41) is 5.47. The van der Waals surface area contributed by atoms with Crippen molar-refractivity contribution < 1.29 is 4.42 Å². The van der Waals surface area contributed by atoms with Gasteiger partial charge < -0.3 is 15.5 Å². The van der Waals surface area contributed by atoms with Gasteiger partial charge in [-0.3, -0.25) is 0 Å². The maximum Gasteiger partial charge on any atom is 0.198 e. The average molecular weight is 433 g/mol. The molecule has 0 bridgehead atoms. The van der Waals surface area contributed by atoms with Crippen LogP contribution in [0.25, 0.3) is 33.5 Å². The molecule has 0 amide bonds. The molecule has 0 fully saturated rings. The van der Waals surface area contributed by atoms with Crippen LogP contribution in [0.5, 0.6) is 0 Å². The standard InChI is InChI=1S/C22H24N4O.2ClH/c1-14-8-9-18-15(12-14)13-19(27-18)21-25-17-7-5-4-6-16(17)20(26-21)24-11-10-22(2,3)23;;/h4-9,12-13H,10-11,23H2,1-3H3,(H,24,25,26);2*1H. The number of furan rings is 1. The van der Waals surface area contributed by atoms with Crippen LogP contribution in [0.3, 0.4) is 0 Å². The molecule has 29 heavy (non-hydrogen) atoms. The first-order valence-electron chi connectivity index (χ1n) is 9.19. The number of rotatable bonds is 5. The van der Waals surface area contributed by atoms with E-state index in [-0.39, 0.29) is 30.4 Å². The lowest BCUT2D eigenvalue weighted by Gasteiger charge is -2.19. The lowest BCUT2D eigenvalue weighted by Crippen LogP contribution is -2.34. The van der Waals surface area contributed by atoms with Crippen LogP contribution in [-0.4, -0.2) is 22.1 Å². The summed E-state index contributed by atoms with van der Waals surface area (Å²) in [6.07, 6.45) is 0.838. The number of anilines is 1. The van der Waals surface area contributed by atoms with Gasteiger partial charge in [0.25, 0.3) is 0 Å². The van der Waals surface area contributed by atoms with E-state index in [2.05, 4.69) is 18.3 Å². The van der Waals surface area contributed by atoms with Crippen molar-refractivity contribution in [1.82, 2.24) is 9.97 Å². The van der Waals surface area contributed by atoms with E-state index in [4.69, 9.17) is 20.1 Å². The van der Waals surface area contributed by atoms with Crippen LogP contribution in [0.2, 0.25) is 0 Å². The first kappa shape index (κ1) is 22.9. The molecular weight excluding hydrogens is 407 g/mol. The number of hydrogen-bond acceptors (Lipinski definition) is 5. The first-order valence-corrected chi connectivity index (χ1v) is 9.19. The smallest absolute Gasteiger partial charge is 0.198 e. The Morgan fingerprint density at radius 1 is 1.03 bits per heavy atom. The van der Waals surface area contributed by atoms with Gasteiger partial charge in [-0.1, -0.05) is 23.8 Å². The summed E-state index contributed by atoms with van der Waals surface area (Å²) in [6, 6.07) is 16.1. The largest absolute Gasteiger partial charge is 0.453 e. The third-order valence-electron chi connectivity index (χ3n) is 4.56. The van der Waals surface area contributed by atoms with Crippen molar-refractivity contribution in [2.45, 2.75) is 32.7 Å². The molecular formula is C22H26Cl2N4O. The summed E-state index contributed by atoms with van der Waals surface area (Å²) in [6.45, 7) is 6.85. The van der Waals surface area contributed by atoms with Crippen molar-refractivity contribution in [2.24, 2.45) is 5.73 Å². The summed E-state index contributed by atoms with van der Waals surface area (Å²) in [7, 11) is 0. The fourth-order valence-electron chi connectivity index (χ4n) is 3.10. The minimum Gasteiger partial charge on any atom is -0.453 e. The summed E-state index contributed by atoms with van der Waals surface area (Å²) < 4.78 is 6.00. The molecule has 7 heteroatoms. The molecule has 0 spiro atoms. The molecule has 0 saturated heterocycles. The number of nitrogens with zero attached hydrogens (tertiary/aromatic N) is 2. The minimum atomic E-state index is -0.227. The van der Waals surface area contributed by atoms with E-state index < -0.39 is 0 Å². The topological polar surface area (TPSA) is 77.0 Å². The lowest BCUT2D eigenvalue weighted by molar-refractivity contribution is 0.490. The van der Waals surface area contributed by atoms with Crippen molar-refractivity contribution in [3.8, 4) is 11.6 Å². The molecule has 2 aromatic carbocycles. The van der Waals surface area contributed by atoms with Gasteiger partial charge in [-0.15, -0.1) is 24.8 Å². The number of aromatic nitrogens is 2. The van der Waals surface area contributed by atoms with E-state index in [1.54, 1.807) is 0 Å². The van der Waals surface area contributed by atoms with E-state index in [0.717, 1.165) is 40.7 Å². The van der Waals surface area contributed by atoms with Crippen molar-refractivity contribution in [3.05, 3.63) is 54.1 Å². The van der Waals surface area contributed by atoms with Crippen LogP contribution in [-0.2, 0) is 0 Å². The fourth-order valence-corrected chi connectivity index (χ4v) is 3.10. The van der Waals surface area contributed by atoms with Crippen molar-refractivity contribution in [2.75, 3.05) is 11.9 Å². The van der Waals surface area contributed by atoms with Crippen LogP contribution in [0, 0.1) is 6.92 Å². The third kappa shape index (κ3) is 5.18. The van der Waals surface area contributed by atoms with Gasteiger partial charge in [-0.25, -0.2) is 9.97 Å². The Kier molecular flexibility index (Phi) is 7.11. The van der Waals surface area contributed by atoms with E-state index >= 15 is 0 Å². The number of nitrogens with two attached hydrogens (primary N) is 1. The van der Waals surface area contributed by atoms with E-state index in [0.29, 0.717) is 11.6 Å². The van der Waals surface area contributed by atoms with Crippen LogP contribution in [0.4, 0.5) is 5.82 Å². The zero-order valence-corrected chi connectivity index (χ0v) is 18.4. The van der Waals surface area contributed by atoms with Gasteiger partial charge in [-0.2, -0.15) is 0 Å². The predicted molar refractivity (Wildman–Crippen MR) is 125 cm³/mol. The van der Waals surface area contributed by atoms with Crippen LogP contribution in [0.1, 0.15) is 25.8 Å². The lowest BCUT2D eigenvalue weighted by atomic mass is 10.0. The number of hydrogen-bond donors (Lipinski definition) is 2.